The van der Waals surface area contributed by atoms with Crippen LogP contribution in [0.15, 0.2) is 0 Å². The summed E-state index contributed by atoms with van der Waals surface area (Å²) in [6.07, 6.45) is 0. The lowest BCUT2D eigenvalue weighted by molar-refractivity contribution is -0.157. The Morgan fingerprint density at radius 1 is 1.31 bits per heavy atom. The summed E-state index contributed by atoms with van der Waals surface area (Å²) in [6.45, 7) is 3.48. The van der Waals surface area contributed by atoms with E-state index in [-0.39, 0.29) is 0 Å². The molecule has 0 aromatic heterocycles. The molecular formula is C9H11Cl5O2. The lowest BCUT2D eigenvalue weighted by Gasteiger charge is -2.61. The van der Waals surface area contributed by atoms with Crippen LogP contribution in [0.3, 0.4) is 0 Å². The number of carbonyl (C=O) groups is 1. The van der Waals surface area contributed by atoms with Crippen molar-refractivity contribution in [2.75, 3.05) is 7.11 Å². The van der Waals surface area contributed by atoms with Crippen LogP contribution in [-0.2, 0) is 9.53 Å². The highest BCUT2D eigenvalue weighted by molar-refractivity contribution is 6.68. The van der Waals surface area contributed by atoms with Gasteiger partial charge in [-0.1, -0.05) is 48.7 Å². The quantitative estimate of drug-likeness (QED) is 0.541. The van der Waals surface area contributed by atoms with Gasteiger partial charge in [-0.15, -0.1) is 23.2 Å². The van der Waals surface area contributed by atoms with Crippen molar-refractivity contribution in [3.05, 3.63) is 0 Å². The van der Waals surface area contributed by atoms with E-state index in [9.17, 15) is 4.79 Å². The van der Waals surface area contributed by atoms with E-state index in [4.69, 9.17) is 58.0 Å². The molecule has 16 heavy (non-hydrogen) atoms. The average molecular weight is 328 g/mol. The number of rotatable bonds is 1. The van der Waals surface area contributed by atoms with Crippen LogP contribution in [0.5, 0.6) is 0 Å². The highest BCUT2D eigenvalue weighted by Crippen LogP contribution is 2.67. The summed E-state index contributed by atoms with van der Waals surface area (Å²) in [7, 11) is 1.24. The zero-order chi connectivity index (χ0) is 12.9. The van der Waals surface area contributed by atoms with Crippen molar-refractivity contribution >= 4 is 64.0 Å². The molecule has 1 aliphatic rings. The van der Waals surface area contributed by atoms with Crippen LogP contribution >= 0.6 is 58.0 Å². The molecule has 0 heterocycles. The van der Waals surface area contributed by atoms with E-state index in [2.05, 4.69) is 4.74 Å². The van der Waals surface area contributed by atoms with Crippen LogP contribution in [0.2, 0.25) is 0 Å². The van der Waals surface area contributed by atoms with Gasteiger partial charge in [0.05, 0.1) is 18.4 Å². The predicted molar refractivity (Wildman–Crippen MR) is 67.8 cm³/mol. The van der Waals surface area contributed by atoms with Crippen molar-refractivity contribution in [3.8, 4) is 0 Å². The maximum atomic E-state index is 11.7. The molecule has 0 aromatic rings. The summed E-state index contributed by atoms with van der Waals surface area (Å²) >= 11 is 29.8. The Hall–Kier alpha value is 0.920. The third-order valence-corrected chi connectivity index (χ3v) is 5.56. The van der Waals surface area contributed by atoms with Crippen LogP contribution in [0, 0.1) is 11.3 Å². The van der Waals surface area contributed by atoms with Crippen LogP contribution in [0.4, 0.5) is 0 Å². The van der Waals surface area contributed by atoms with Crippen molar-refractivity contribution in [2.24, 2.45) is 11.3 Å². The predicted octanol–water partition coefficient (Wildman–Crippen LogP) is 3.77. The molecule has 0 bridgehead atoms. The van der Waals surface area contributed by atoms with Crippen LogP contribution < -0.4 is 0 Å². The molecule has 0 saturated heterocycles. The Kier molecular flexibility index (Phi) is 3.97. The molecule has 1 saturated carbocycles. The molecule has 0 aliphatic heterocycles. The zero-order valence-corrected chi connectivity index (χ0v) is 12.6. The van der Waals surface area contributed by atoms with Crippen molar-refractivity contribution < 1.29 is 9.53 Å². The SMILES string of the molecule is COC(=O)[C@@]1(Cl)[C@H](C(Cl)(Cl)Cl)[C@@H](Cl)C1(C)C. The van der Waals surface area contributed by atoms with Gasteiger partial charge >= 0.3 is 5.97 Å². The van der Waals surface area contributed by atoms with Gasteiger partial charge in [0.1, 0.15) is 0 Å². The lowest BCUT2D eigenvalue weighted by atomic mass is 9.54. The molecule has 7 heteroatoms. The van der Waals surface area contributed by atoms with Gasteiger partial charge in [0.2, 0.25) is 0 Å². The zero-order valence-electron chi connectivity index (χ0n) is 8.86. The first-order chi connectivity index (χ1) is 7.01. The van der Waals surface area contributed by atoms with Gasteiger partial charge in [-0.25, -0.2) is 0 Å². The third-order valence-electron chi connectivity index (χ3n) is 3.18. The number of methoxy groups -OCH3 is 1. The molecule has 0 amide bonds. The minimum absolute atomic E-state index is 0.517. The average Bonchev–Trinajstić information content (AvgIpc) is 2.14. The number of ether oxygens (including phenoxy) is 1. The first-order valence-corrected chi connectivity index (χ1v) is 6.44. The number of hydrogen-bond donors (Lipinski definition) is 0. The summed E-state index contributed by atoms with van der Waals surface area (Å²) in [5, 5.41) is -0.517. The maximum absolute atomic E-state index is 11.7. The van der Waals surface area contributed by atoms with Gasteiger partial charge in [-0.2, -0.15) is 0 Å². The normalized spacial score (nSPS) is 37.8. The van der Waals surface area contributed by atoms with Crippen LogP contribution in [0.25, 0.3) is 0 Å². The molecule has 0 spiro atoms. The highest BCUT2D eigenvalue weighted by atomic mass is 35.6. The van der Waals surface area contributed by atoms with E-state index in [0.717, 1.165) is 0 Å². The molecule has 1 fully saturated rings. The number of hydrogen-bond acceptors (Lipinski definition) is 2. The van der Waals surface area contributed by atoms with Gasteiger partial charge in [0, 0.05) is 5.41 Å². The van der Waals surface area contributed by atoms with Crippen LogP contribution in [-0.4, -0.2) is 27.1 Å². The standard InChI is InChI=1S/C9H11Cl5O2/c1-7(2)5(10)4(9(12,13)14)8(7,11)6(15)16-3/h4-5H,1-3H3/t4-,5-,8+/m1/s1. The summed E-state index contributed by atoms with van der Waals surface area (Å²) in [5.41, 5.74) is -0.711. The first kappa shape index (κ1) is 15.0. The summed E-state index contributed by atoms with van der Waals surface area (Å²) in [5.74, 6) is -1.43. The van der Waals surface area contributed by atoms with E-state index < -0.39 is 31.3 Å². The smallest absolute Gasteiger partial charge is 0.328 e. The first-order valence-electron chi connectivity index (χ1n) is 4.49. The number of esters is 1. The van der Waals surface area contributed by atoms with Crippen molar-refractivity contribution in [2.45, 2.75) is 27.9 Å². The van der Waals surface area contributed by atoms with E-state index in [1.54, 1.807) is 13.8 Å². The lowest BCUT2D eigenvalue weighted by Crippen LogP contribution is -2.73. The molecular weight excluding hydrogens is 317 g/mol. The largest absolute Gasteiger partial charge is 0.468 e. The van der Waals surface area contributed by atoms with Crippen LogP contribution in [0.1, 0.15) is 13.8 Å². The molecule has 2 nitrogen and oxygen atoms in total. The number of alkyl halides is 5. The van der Waals surface area contributed by atoms with Gasteiger partial charge < -0.3 is 4.74 Å². The number of halogens is 5. The summed E-state index contributed by atoms with van der Waals surface area (Å²) in [4.78, 5) is 10.3. The molecule has 0 N–H and O–H groups in total. The monoisotopic (exact) mass is 326 g/mol. The number of carbonyl (C=O) groups excluding carboxylic acids is 1. The van der Waals surface area contributed by atoms with Gasteiger partial charge in [-0.3, -0.25) is 4.79 Å². The second kappa shape index (κ2) is 4.24. The van der Waals surface area contributed by atoms with Crippen molar-refractivity contribution in [1.29, 1.82) is 0 Å². The summed E-state index contributed by atoms with van der Waals surface area (Å²) < 4.78 is 2.95. The molecule has 3 atom stereocenters. The second-order valence-corrected chi connectivity index (χ2v) is 7.78. The molecule has 0 unspecified atom stereocenters. The fourth-order valence-corrected chi connectivity index (χ4v) is 4.44. The van der Waals surface area contributed by atoms with Crippen molar-refractivity contribution in [3.63, 3.8) is 0 Å². The Bertz CT molecular complexity index is 312. The van der Waals surface area contributed by atoms with E-state index in [0.29, 0.717) is 0 Å². The Balaban J connectivity index is 3.18. The van der Waals surface area contributed by atoms with E-state index >= 15 is 0 Å². The molecule has 1 aliphatic carbocycles. The third kappa shape index (κ3) is 1.81. The molecule has 0 aromatic carbocycles. The molecule has 94 valence electrons. The minimum Gasteiger partial charge on any atom is -0.468 e. The highest BCUT2D eigenvalue weighted by Gasteiger charge is 2.75. The van der Waals surface area contributed by atoms with Crippen molar-refractivity contribution in [1.82, 2.24) is 0 Å². The Morgan fingerprint density at radius 3 is 2.06 bits per heavy atom. The molecule has 1 rings (SSSR count). The summed E-state index contributed by atoms with van der Waals surface area (Å²) in [6, 6.07) is 0. The fourth-order valence-electron chi connectivity index (χ4n) is 2.05. The second-order valence-electron chi connectivity index (χ2n) is 4.35. The maximum Gasteiger partial charge on any atom is 0.328 e. The minimum atomic E-state index is -1.71. The topological polar surface area (TPSA) is 26.3 Å². The Morgan fingerprint density at radius 2 is 1.75 bits per heavy atom. The van der Waals surface area contributed by atoms with Gasteiger partial charge in [0.25, 0.3) is 0 Å². The van der Waals surface area contributed by atoms with E-state index in [1.807, 2.05) is 0 Å². The Labute approximate surface area is 119 Å². The van der Waals surface area contributed by atoms with Gasteiger partial charge in [-0.05, 0) is 0 Å². The fraction of sp³-hybridized carbons (Fsp3) is 0.889. The molecule has 0 radical (unpaired) electrons. The van der Waals surface area contributed by atoms with E-state index in [1.165, 1.54) is 7.11 Å². The van der Waals surface area contributed by atoms with Gasteiger partial charge in [0.15, 0.2) is 8.67 Å².